The number of hydrogen-bond acceptors (Lipinski definition) is 2. The van der Waals surface area contributed by atoms with Crippen LogP contribution >= 0.6 is 0 Å². The van der Waals surface area contributed by atoms with E-state index in [9.17, 15) is 14.0 Å². The number of hydrogen-bond donors (Lipinski definition) is 0. The van der Waals surface area contributed by atoms with Crippen LogP contribution in [0.25, 0.3) is 27.7 Å². The molecule has 0 aliphatic rings. The van der Waals surface area contributed by atoms with Crippen LogP contribution in [-0.4, -0.2) is 9.78 Å². The molecule has 0 bridgehead atoms. The minimum absolute atomic E-state index is 0.0980. The summed E-state index contributed by atoms with van der Waals surface area (Å²) in [6, 6.07) is 24.3. The summed E-state index contributed by atoms with van der Waals surface area (Å²) in [6.45, 7) is 0. The summed E-state index contributed by atoms with van der Waals surface area (Å²) in [4.78, 5) is 0. The summed E-state index contributed by atoms with van der Waals surface area (Å²) in [6.07, 6.45) is -2.83. The fourth-order valence-electron chi connectivity index (χ4n) is 3.06. The lowest BCUT2D eigenvalue weighted by Crippen LogP contribution is -1.99. The minimum Gasteiger partial charge on any atom is -0.231 e. The van der Waals surface area contributed by atoms with E-state index in [1.807, 2.05) is 54.6 Å². The van der Waals surface area contributed by atoms with Crippen LogP contribution in [0, 0.1) is 11.3 Å². The van der Waals surface area contributed by atoms with Crippen LogP contribution in [0.5, 0.6) is 0 Å². The largest absolute Gasteiger partial charge is 0.283 e. The molecule has 126 valence electrons. The van der Waals surface area contributed by atoms with Crippen molar-refractivity contribution < 1.29 is 8.78 Å². The quantitative estimate of drug-likeness (QED) is 0.492. The van der Waals surface area contributed by atoms with Gasteiger partial charge in [0.15, 0.2) is 0 Å². The molecule has 0 saturated heterocycles. The van der Waals surface area contributed by atoms with E-state index < -0.39 is 12.1 Å². The zero-order valence-electron chi connectivity index (χ0n) is 13.6. The van der Waals surface area contributed by atoms with Crippen molar-refractivity contribution in [1.29, 1.82) is 5.26 Å². The Hall–Kier alpha value is -3.52. The molecule has 0 amide bonds. The standard InChI is InChI=1S/C21H13F2N3/c22-21(23)19-18(13-24)20(26(25-19)17-8-2-1-3-9-17)16-11-10-14-6-4-5-7-15(14)12-16/h1-12,21H. The van der Waals surface area contributed by atoms with Gasteiger partial charge in [-0.2, -0.15) is 10.4 Å². The number of fused-ring (bicyclic) bond motifs is 1. The fraction of sp³-hybridized carbons (Fsp3) is 0.0476. The first-order chi connectivity index (χ1) is 12.7. The van der Waals surface area contributed by atoms with E-state index in [0.717, 1.165) is 10.8 Å². The van der Waals surface area contributed by atoms with Crippen LogP contribution in [0.4, 0.5) is 8.78 Å². The Kier molecular flexibility index (Phi) is 3.94. The molecule has 0 unspecified atom stereocenters. The molecule has 0 N–H and O–H groups in total. The minimum atomic E-state index is -2.83. The molecule has 1 aromatic heterocycles. The smallest absolute Gasteiger partial charge is 0.231 e. The lowest BCUT2D eigenvalue weighted by Gasteiger charge is -2.09. The van der Waals surface area contributed by atoms with Crippen LogP contribution in [0.1, 0.15) is 17.7 Å². The van der Waals surface area contributed by atoms with E-state index in [0.29, 0.717) is 16.9 Å². The van der Waals surface area contributed by atoms with Crippen LogP contribution < -0.4 is 0 Å². The number of rotatable bonds is 3. The molecular weight excluding hydrogens is 332 g/mol. The highest BCUT2D eigenvalue weighted by molar-refractivity contribution is 5.88. The Labute approximate surface area is 148 Å². The molecule has 1 heterocycles. The molecule has 0 aliphatic carbocycles. The van der Waals surface area contributed by atoms with E-state index in [1.54, 1.807) is 24.3 Å². The van der Waals surface area contributed by atoms with E-state index in [4.69, 9.17) is 0 Å². The Morgan fingerprint density at radius 1 is 0.885 bits per heavy atom. The van der Waals surface area contributed by atoms with E-state index in [-0.39, 0.29) is 5.56 Å². The molecule has 0 atom stereocenters. The second kappa shape index (κ2) is 6.41. The topological polar surface area (TPSA) is 41.6 Å². The second-order valence-electron chi connectivity index (χ2n) is 5.83. The van der Waals surface area contributed by atoms with E-state index >= 15 is 0 Å². The summed E-state index contributed by atoms with van der Waals surface area (Å²) < 4.78 is 28.4. The van der Waals surface area contributed by atoms with Crippen molar-refractivity contribution in [3.63, 3.8) is 0 Å². The number of halogens is 2. The monoisotopic (exact) mass is 345 g/mol. The van der Waals surface area contributed by atoms with Crippen molar-refractivity contribution in [2.24, 2.45) is 0 Å². The predicted molar refractivity (Wildman–Crippen MR) is 96.2 cm³/mol. The molecule has 4 rings (SSSR count). The van der Waals surface area contributed by atoms with Gasteiger partial charge in [0, 0.05) is 5.56 Å². The number of benzene rings is 3. The maximum atomic E-state index is 13.5. The van der Waals surface area contributed by atoms with Crippen molar-refractivity contribution in [3.8, 4) is 23.0 Å². The Morgan fingerprint density at radius 3 is 2.27 bits per heavy atom. The SMILES string of the molecule is N#Cc1c(C(F)F)nn(-c2ccccc2)c1-c1ccc2ccccc2c1. The van der Waals surface area contributed by atoms with Crippen LogP contribution in [0.3, 0.4) is 0 Å². The average Bonchev–Trinajstić information content (AvgIpc) is 3.08. The maximum Gasteiger partial charge on any atom is 0.283 e. The van der Waals surface area contributed by atoms with Gasteiger partial charge in [-0.25, -0.2) is 13.5 Å². The van der Waals surface area contributed by atoms with Gasteiger partial charge in [0.1, 0.15) is 17.3 Å². The first-order valence-electron chi connectivity index (χ1n) is 8.05. The third kappa shape index (κ3) is 2.62. The maximum absolute atomic E-state index is 13.5. The Balaban J connectivity index is 2.03. The van der Waals surface area contributed by atoms with Gasteiger partial charge in [0.05, 0.1) is 11.4 Å². The second-order valence-corrected chi connectivity index (χ2v) is 5.83. The summed E-state index contributed by atoms with van der Waals surface area (Å²) in [5, 5.41) is 15.6. The van der Waals surface area contributed by atoms with E-state index in [2.05, 4.69) is 5.10 Å². The molecule has 0 fully saturated rings. The molecule has 3 nitrogen and oxygen atoms in total. The first-order valence-corrected chi connectivity index (χ1v) is 8.05. The van der Waals surface area contributed by atoms with Crippen LogP contribution in [0.15, 0.2) is 72.8 Å². The van der Waals surface area contributed by atoms with Crippen molar-refractivity contribution in [2.75, 3.05) is 0 Å². The molecule has 0 spiro atoms. The van der Waals surface area contributed by atoms with Gasteiger partial charge in [-0.05, 0) is 29.0 Å². The molecule has 0 radical (unpaired) electrons. The molecule has 0 aliphatic heterocycles. The third-order valence-corrected chi connectivity index (χ3v) is 4.25. The van der Waals surface area contributed by atoms with Gasteiger partial charge in [-0.3, -0.25) is 0 Å². The molecule has 4 aromatic rings. The summed E-state index contributed by atoms with van der Waals surface area (Å²) >= 11 is 0. The zero-order chi connectivity index (χ0) is 18.1. The van der Waals surface area contributed by atoms with Crippen molar-refractivity contribution in [1.82, 2.24) is 9.78 Å². The van der Waals surface area contributed by atoms with Gasteiger partial charge in [-0.1, -0.05) is 54.6 Å². The Bertz CT molecular complexity index is 1130. The fourth-order valence-corrected chi connectivity index (χ4v) is 3.06. The van der Waals surface area contributed by atoms with Crippen molar-refractivity contribution >= 4 is 10.8 Å². The van der Waals surface area contributed by atoms with Crippen LogP contribution in [0.2, 0.25) is 0 Å². The van der Waals surface area contributed by atoms with E-state index in [1.165, 1.54) is 4.68 Å². The van der Waals surface area contributed by atoms with Crippen molar-refractivity contribution in [2.45, 2.75) is 6.43 Å². The highest BCUT2D eigenvalue weighted by Crippen LogP contribution is 2.34. The summed E-state index contributed by atoms with van der Waals surface area (Å²) in [5.41, 5.74) is 1.07. The Morgan fingerprint density at radius 2 is 1.58 bits per heavy atom. The number of nitrogens with zero attached hydrogens (tertiary/aromatic N) is 3. The summed E-state index contributed by atoms with van der Waals surface area (Å²) in [7, 11) is 0. The molecule has 5 heteroatoms. The lowest BCUT2D eigenvalue weighted by atomic mass is 10.0. The highest BCUT2D eigenvalue weighted by Gasteiger charge is 2.25. The number of para-hydroxylation sites is 1. The lowest BCUT2D eigenvalue weighted by molar-refractivity contribution is 0.145. The van der Waals surface area contributed by atoms with Gasteiger partial charge >= 0.3 is 0 Å². The summed E-state index contributed by atoms with van der Waals surface area (Å²) in [5.74, 6) is 0. The van der Waals surface area contributed by atoms with Crippen molar-refractivity contribution in [3.05, 3.63) is 84.1 Å². The molecule has 26 heavy (non-hydrogen) atoms. The molecule has 0 saturated carbocycles. The zero-order valence-corrected chi connectivity index (χ0v) is 13.6. The van der Waals surface area contributed by atoms with Gasteiger partial charge in [0.2, 0.25) is 0 Å². The molecular formula is C21H13F2N3. The number of alkyl halides is 2. The van der Waals surface area contributed by atoms with Crippen LogP contribution in [-0.2, 0) is 0 Å². The number of aromatic nitrogens is 2. The van der Waals surface area contributed by atoms with Gasteiger partial charge < -0.3 is 0 Å². The normalized spacial score (nSPS) is 11.0. The highest BCUT2D eigenvalue weighted by atomic mass is 19.3. The average molecular weight is 345 g/mol. The molecule has 3 aromatic carbocycles. The van der Waals surface area contributed by atoms with Gasteiger partial charge in [-0.15, -0.1) is 0 Å². The first kappa shape index (κ1) is 16.0. The van der Waals surface area contributed by atoms with Gasteiger partial charge in [0.25, 0.3) is 6.43 Å². The predicted octanol–water partition coefficient (Wildman–Crippen LogP) is 5.50. The third-order valence-electron chi connectivity index (χ3n) is 4.25. The number of nitriles is 1.